The van der Waals surface area contributed by atoms with Gasteiger partial charge in [0.2, 0.25) is 0 Å². The molecule has 2 aliphatic rings. The molecule has 3 aromatic rings. The predicted octanol–water partition coefficient (Wildman–Crippen LogP) is 1.98. The maximum atomic E-state index is 3.75. The van der Waals surface area contributed by atoms with Crippen molar-refractivity contribution in [3.63, 3.8) is 0 Å². The fourth-order valence-electron chi connectivity index (χ4n) is 5.46. The molecule has 34 heavy (non-hydrogen) atoms. The normalized spacial score (nSPS) is 18.1. The Bertz CT molecular complexity index is 914. The molecule has 5 rings (SSSR count). The zero-order chi connectivity index (χ0) is 23.0. The maximum Gasteiger partial charge on any atom is 0.0218 e. The first-order valence-electron chi connectivity index (χ1n) is 13.1. The SMILES string of the molecule is c1ccc2c(CNCCN3CCNCC3)c3ccccc3c(CNCCN3CCNCC3)c2c1. The zero-order valence-corrected chi connectivity index (χ0v) is 20.4. The second kappa shape index (κ2) is 12.1. The zero-order valence-electron chi connectivity index (χ0n) is 20.4. The summed E-state index contributed by atoms with van der Waals surface area (Å²) >= 11 is 0. The third-order valence-corrected chi connectivity index (χ3v) is 7.39. The smallest absolute Gasteiger partial charge is 0.0218 e. The molecule has 3 aromatic carbocycles. The number of hydrogen-bond acceptors (Lipinski definition) is 6. The van der Waals surface area contributed by atoms with Gasteiger partial charge in [0.1, 0.15) is 0 Å². The average Bonchev–Trinajstić information content (AvgIpc) is 2.90. The van der Waals surface area contributed by atoms with Crippen LogP contribution in [-0.2, 0) is 13.1 Å². The minimum Gasteiger partial charge on any atom is -0.314 e. The van der Waals surface area contributed by atoms with Gasteiger partial charge in [0.25, 0.3) is 0 Å². The van der Waals surface area contributed by atoms with E-state index in [2.05, 4.69) is 79.6 Å². The number of rotatable bonds is 10. The molecule has 0 bridgehead atoms. The molecule has 0 atom stereocenters. The minimum atomic E-state index is 0.907. The lowest BCUT2D eigenvalue weighted by Gasteiger charge is -2.27. The molecular formula is C28H40N6. The lowest BCUT2D eigenvalue weighted by molar-refractivity contribution is 0.241. The van der Waals surface area contributed by atoms with Crippen LogP contribution in [-0.4, -0.2) is 88.3 Å². The van der Waals surface area contributed by atoms with Crippen LogP contribution in [0.3, 0.4) is 0 Å². The summed E-state index contributed by atoms with van der Waals surface area (Å²) in [4.78, 5) is 5.10. The maximum absolute atomic E-state index is 3.75. The van der Waals surface area contributed by atoms with E-state index in [1.165, 1.54) is 32.7 Å². The van der Waals surface area contributed by atoms with Gasteiger partial charge in [-0.1, -0.05) is 48.5 Å². The Labute approximate surface area is 204 Å². The summed E-state index contributed by atoms with van der Waals surface area (Å²) in [7, 11) is 0. The molecule has 2 saturated heterocycles. The molecule has 0 aromatic heterocycles. The van der Waals surface area contributed by atoms with Crippen molar-refractivity contribution in [2.24, 2.45) is 0 Å². The monoisotopic (exact) mass is 460 g/mol. The van der Waals surface area contributed by atoms with Crippen LogP contribution in [0.25, 0.3) is 21.5 Å². The Hall–Kier alpha value is -2.06. The van der Waals surface area contributed by atoms with E-state index < -0.39 is 0 Å². The van der Waals surface area contributed by atoms with Gasteiger partial charge < -0.3 is 21.3 Å². The number of nitrogens with zero attached hydrogens (tertiary/aromatic N) is 2. The van der Waals surface area contributed by atoms with Crippen LogP contribution in [0, 0.1) is 0 Å². The highest BCUT2D eigenvalue weighted by atomic mass is 15.2. The molecule has 0 unspecified atom stereocenters. The number of piperazine rings is 2. The third kappa shape index (κ3) is 5.77. The molecule has 2 fully saturated rings. The summed E-state index contributed by atoms with van der Waals surface area (Å²) in [5.74, 6) is 0. The van der Waals surface area contributed by atoms with Crippen LogP contribution in [0.4, 0.5) is 0 Å². The lowest BCUT2D eigenvalue weighted by Crippen LogP contribution is -2.45. The van der Waals surface area contributed by atoms with Crippen LogP contribution in [0.5, 0.6) is 0 Å². The second-order valence-electron chi connectivity index (χ2n) is 9.59. The van der Waals surface area contributed by atoms with E-state index in [1.807, 2.05) is 0 Å². The average molecular weight is 461 g/mol. The van der Waals surface area contributed by atoms with E-state index in [4.69, 9.17) is 0 Å². The number of nitrogens with one attached hydrogen (secondary N) is 4. The minimum absolute atomic E-state index is 0.907. The highest BCUT2D eigenvalue weighted by Crippen LogP contribution is 2.33. The van der Waals surface area contributed by atoms with E-state index in [-0.39, 0.29) is 0 Å². The summed E-state index contributed by atoms with van der Waals surface area (Å²) in [6, 6.07) is 18.0. The van der Waals surface area contributed by atoms with Gasteiger partial charge in [-0.05, 0) is 32.7 Å². The lowest BCUT2D eigenvalue weighted by atomic mass is 9.91. The number of benzene rings is 3. The van der Waals surface area contributed by atoms with Crippen LogP contribution in [0.1, 0.15) is 11.1 Å². The number of fused-ring (bicyclic) bond motifs is 2. The Morgan fingerprint density at radius 1 is 0.559 bits per heavy atom. The molecule has 2 aliphatic heterocycles. The van der Waals surface area contributed by atoms with E-state index in [9.17, 15) is 0 Å². The standard InChI is InChI=1S/C28H40N6/c1-2-6-24-23(5-1)27(21-31-13-19-33-15-9-29-10-16-33)25-7-3-4-8-26(25)28(24)22-32-14-20-34-17-11-30-12-18-34/h1-8,29-32H,9-22H2. The molecule has 2 heterocycles. The molecule has 182 valence electrons. The molecule has 4 N–H and O–H groups in total. The van der Waals surface area contributed by atoms with Gasteiger partial charge >= 0.3 is 0 Å². The van der Waals surface area contributed by atoms with Gasteiger partial charge in [-0.15, -0.1) is 0 Å². The van der Waals surface area contributed by atoms with Gasteiger partial charge in [-0.3, -0.25) is 9.80 Å². The van der Waals surface area contributed by atoms with Gasteiger partial charge in [-0.25, -0.2) is 0 Å². The molecule has 0 saturated carbocycles. The number of hydrogen-bond donors (Lipinski definition) is 4. The van der Waals surface area contributed by atoms with Crippen molar-refractivity contribution in [1.29, 1.82) is 0 Å². The summed E-state index contributed by atoms with van der Waals surface area (Å²) < 4.78 is 0. The van der Waals surface area contributed by atoms with Gasteiger partial charge in [-0.2, -0.15) is 0 Å². The van der Waals surface area contributed by atoms with Gasteiger partial charge in [0.05, 0.1) is 0 Å². The fraction of sp³-hybridized carbons (Fsp3) is 0.500. The second-order valence-corrected chi connectivity index (χ2v) is 9.59. The van der Waals surface area contributed by atoms with Gasteiger partial charge in [0, 0.05) is 91.6 Å². The van der Waals surface area contributed by atoms with Crippen LogP contribution < -0.4 is 21.3 Å². The Morgan fingerprint density at radius 3 is 1.26 bits per heavy atom. The van der Waals surface area contributed by atoms with Crippen molar-refractivity contribution in [2.45, 2.75) is 13.1 Å². The van der Waals surface area contributed by atoms with Crippen molar-refractivity contribution in [3.8, 4) is 0 Å². The highest BCUT2D eigenvalue weighted by Gasteiger charge is 2.14. The summed E-state index contributed by atoms with van der Waals surface area (Å²) in [6.07, 6.45) is 0. The van der Waals surface area contributed by atoms with E-state index in [0.717, 1.165) is 91.6 Å². The Balaban J connectivity index is 1.30. The largest absolute Gasteiger partial charge is 0.314 e. The Morgan fingerprint density at radius 2 is 0.912 bits per heavy atom. The molecule has 6 nitrogen and oxygen atoms in total. The molecule has 6 heteroatoms. The summed E-state index contributed by atoms with van der Waals surface area (Å²) in [5, 5.41) is 19.9. The van der Waals surface area contributed by atoms with Crippen LogP contribution in [0.15, 0.2) is 48.5 Å². The van der Waals surface area contributed by atoms with Crippen molar-refractivity contribution in [3.05, 3.63) is 59.7 Å². The van der Waals surface area contributed by atoms with Crippen LogP contribution in [0.2, 0.25) is 0 Å². The van der Waals surface area contributed by atoms with Crippen molar-refractivity contribution < 1.29 is 0 Å². The van der Waals surface area contributed by atoms with Crippen molar-refractivity contribution in [2.75, 3.05) is 78.5 Å². The van der Waals surface area contributed by atoms with E-state index >= 15 is 0 Å². The first-order chi connectivity index (χ1) is 16.9. The first-order valence-corrected chi connectivity index (χ1v) is 13.1. The molecule has 0 radical (unpaired) electrons. The molecule has 0 amide bonds. The predicted molar refractivity (Wildman–Crippen MR) is 143 cm³/mol. The summed E-state index contributed by atoms with van der Waals surface area (Å²) in [5.41, 5.74) is 2.85. The third-order valence-electron chi connectivity index (χ3n) is 7.39. The van der Waals surface area contributed by atoms with E-state index in [1.54, 1.807) is 0 Å². The summed E-state index contributed by atoms with van der Waals surface area (Å²) in [6.45, 7) is 15.2. The van der Waals surface area contributed by atoms with Crippen LogP contribution >= 0.6 is 0 Å². The van der Waals surface area contributed by atoms with Crippen molar-refractivity contribution >= 4 is 21.5 Å². The van der Waals surface area contributed by atoms with E-state index in [0.29, 0.717) is 0 Å². The first kappa shape index (κ1) is 23.7. The molecule has 0 aliphatic carbocycles. The topological polar surface area (TPSA) is 54.6 Å². The van der Waals surface area contributed by atoms with Crippen molar-refractivity contribution in [1.82, 2.24) is 31.1 Å². The Kier molecular flexibility index (Phi) is 8.40. The highest BCUT2D eigenvalue weighted by molar-refractivity contribution is 6.05. The fourth-order valence-corrected chi connectivity index (χ4v) is 5.46. The van der Waals surface area contributed by atoms with Gasteiger partial charge in [0.15, 0.2) is 0 Å². The quantitative estimate of drug-likeness (QED) is 0.274. The molecular weight excluding hydrogens is 420 g/mol. The molecule has 0 spiro atoms.